The smallest absolute Gasteiger partial charge is 0.231 e. The molecule has 2 amide bonds. The summed E-state index contributed by atoms with van der Waals surface area (Å²) in [5, 5.41) is 2.89. The Kier molecular flexibility index (Phi) is 4.01. The van der Waals surface area contributed by atoms with Crippen molar-refractivity contribution in [3.63, 3.8) is 0 Å². The number of hydrogen-bond acceptors (Lipinski definition) is 2. The highest BCUT2D eigenvalue weighted by molar-refractivity contribution is 6.01. The molecule has 5 rings (SSSR count). The van der Waals surface area contributed by atoms with Crippen LogP contribution in [0.3, 0.4) is 0 Å². The van der Waals surface area contributed by atoms with E-state index in [1.165, 1.54) is 0 Å². The van der Waals surface area contributed by atoms with Crippen LogP contribution in [0.2, 0.25) is 0 Å². The number of carbonyl (C=O) groups is 2. The summed E-state index contributed by atoms with van der Waals surface area (Å²) in [4.78, 5) is 27.9. The molecular formula is C23H21N3O2. The third kappa shape index (κ3) is 2.71. The lowest BCUT2D eigenvalue weighted by Crippen LogP contribution is -2.45. The average molecular weight is 371 g/mol. The van der Waals surface area contributed by atoms with Crippen molar-refractivity contribution < 1.29 is 9.59 Å². The molecular weight excluding hydrogens is 350 g/mol. The van der Waals surface area contributed by atoms with E-state index in [9.17, 15) is 9.59 Å². The first kappa shape index (κ1) is 16.8. The lowest BCUT2D eigenvalue weighted by molar-refractivity contribution is -0.137. The van der Waals surface area contributed by atoms with Gasteiger partial charge in [0, 0.05) is 37.1 Å². The summed E-state index contributed by atoms with van der Waals surface area (Å²) >= 11 is 0. The van der Waals surface area contributed by atoms with Gasteiger partial charge in [-0.05, 0) is 29.3 Å². The van der Waals surface area contributed by atoms with Crippen molar-refractivity contribution in [2.24, 2.45) is 0 Å². The molecule has 5 heteroatoms. The molecule has 2 aliphatic heterocycles. The lowest BCUT2D eigenvalue weighted by atomic mass is 9.88. The Hall–Kier alpha value is -3.34. The molecule has 2 aliphatic rings. The number of anilines is 1. The molecule has 3 aromatic rings. The Morgan fingerprint density at radius 1 is 0.929 bits per heavy atom. The molecule has 0 bridgehead atoms. The topological polar surface area (TPSA) is 54.3 Å². The first-order valence-electron chi connectivity index (χ1n) is 9.61. The van der Waals surface area contributed by atoms with E-state index >= 15 is 0 Å². The number of rotatable bonds is 2. The number of para-hydroxylation sites is 1. The quantitative estimate of drug-likeness (QED) is 0.749. The first-order chi connectivity index (χ1) is 13.7. The number of hydrogen-bond donors (Lipinski definition) is 1. The Balaban J connectivity index is 1.57. The van der Waals surface area contributed by atoms with Crippen LogP contribution in [0.25, 0.3) is 0 Å². The van der Waals surface area contributed by atoms with E-state index in [0.29, 0.717) is 6.54 Å². The van der Waals surface area contributed by atoms with E-state index in [2.05, 4.69) is 34.3 Å². The van der Waals surface area contributed by atoms with Crippen molar-refractivity contribution in [1.29, 1.82) is 0 Å². The molecule has 2 aromatic carbocycles. The van der Waals surface area contributed by atoms with Crippen LogP contribution >= 0.6 is 0 Å². The monoisotopic (exact) mass is 371 g/mol. The van der Waals surface area contributed by atoms with Gasteiger partial charge in [0.25, 0.3) is 0 Å². The van der Waals surface area contributed by atoms with Crippen LogP contribution in [-0.4, -0.2) is 27.8 Å². The van der Waals surface area contributed by atoms with Crippen molar-refractivity contribution in [2.75, 3.05) is 11.9 Å². The van der Waals surface area contributed by atoms with Gasteiger partial charge < -0.3 is 14.8 Å². The fourth-order valence-electron chi connectivity index (χ4n) is 4.44. The Bertz CT molecular complexity index is 1040. The van der Waals surface area contributed by atoms with Gasteiger partial charge >= 0.3 is 0 Å². The summed E-state index contributed by atoms with van der Waals surface area (Å²) in [5.74, 6) is -0.532. The number of carbonyl (C=O) groups excluding carboxylic acids is 2. The molecule has 28 heavy (non-hydrogen) atoms. The lowest BCUT2D eigenvalue weighted by Gasteiger charge is -2.40. The van der Waals surface area contributed by atoms with Gasteiger partial charge in [0.05, 0.1) is 12.0 Å². The molecule has 0 fully saturated rings. The SMILES string of the molecule is O=C1CC(C(=O)N2CCn3cccc3C2c2ccccc2)c2ccccc2N1. The fourth-order valence-corrected chi connectivity index (χ4v) is 4.44. The van der Waals surface area contributed by atoms with E-state index in [1.54, 1.807) is 0 Å². The molecule has 140 valence electrons. The van der Waals surface area contributed by atoms with Gasteiger partial charge in [0.15, 0.2) is 0 Å². The van der Waals surface area contributed by atoms with Crippen LogP contribution in [0.4, 0.5) is 5.69 Å². The van der Waals surface area contributed by atoms with Crippen molar-refractivity contribution in [1.82, 2.24) is 9.47 Å². The molecule has 5 nitrogen and oxygen atoms in total. The maximum atomic E-state index is 13.7. The van der Waals surface area contributed by atoms with Crippen molar-refractivity contribution >= 4 is 17.5 Å². The summed E-state index contributed by atoms with van der Waals surface area (Å²) < 4.78 is 2.21. The third-order valence-electron chi connectivity index (χ3n) is 5.73. The molecule has 0 saturated heterocycles. The molecule has 2 unspecified atom stereocenters. The van der Waals surface area contributed by atoms with Crippen LogP contribution in [0, 0.1) is 0 Å². The Morgan fingerprint density at radius 3 is 2.57 bits per heavy atom. The molecule has 0 aliphatic carbocycles. The second kappa shape index (κ2) is 6.68. The second-order valence-corrected chi connectivity index (χ2v) is 7.36. The largest absolute Gasteiger partial charge is 0.348 e. The van der Waals surface area contributed by atoms with Crippen LogP contribution in [0.1, 0.15) is 35.2 Å². The van der Waals surface area contributed by atoms with Gasteiger partial charge in [-0.3, -0.25) is 9.59 Å². The molecule has 3 heterocycles. The minimum atomic E-state index is -0.447. The first-order valence-corrected chi connectivity index (χ1v) is 9.61. The minimum absolute atomic E-state index is 0.0172. The summed E-state index contributed by atoms with van der Waals surface area (Å²) in [6.45, 7) is 1.39. The van der Waals surface area contributed by atoms with Gasteiger partial charge in [-0.25, -0.2) is 0 Å². The predicted octanol–water partition coefficient (Wildman–Crippen LogP) is 3.55. The number of benzene rings is 2. The van der Waals surface area contributed by atoms with Crippen molar-refractivity contribution in [3.8, 4) is 0 Å². The number of nitrogens with one attached hydrogen (secondary N) is 1. The predicted molar refractivity (Wildman–Crippen MR) is 107 cm³/mol. The van der Waals surface area contributed by atoms with E-state index in [4.69, 9.17) is 0 Å². The summed E-state index contributed by atoms with van der Waals surface area (Å²) in [6, 6.07) is 21.7. The van der Waals surface area contributed by atoms with Crippen LogP contribution < -0.4 is 5.32 Å². The average Bonchev–Trinajstić information content (AvgIpc) is 3.21. The molecule has 2 atom stereocenters. The van der Waals surface area contributed by atoms with E-state index in [1.807, 2.05) is 53.4 Å². The molecule has 0 radical (unpaired) electrons. The van der Waals surface area contributed by atoms with E-state index in [0.717, 1.165) is 29.1 Å². The van der Waals surface area contributed by atoms with Gasteiger partial charge in [0.1, 0.15) is 0 Å². The maximum Gasteiger partial charge on any atom is 0.231 e. The molecule has 1 N–H and O–H groups in total. The second-order valence-electron chi connectivity index (χ2n) is 7.36. The van der Waals surface area contributed by atoms with Gasteiger partial charge in [-0.15, -0.1) is 0 Å². The van der Waals surface area contributed by atoms with E-state index in [-0.39, 0.29) is 24.3 Å². The normalized spacial score (nSPS) is 20.9. The highest BCUT2D eigenvalue weighted by Crippen LogP contribution is 2.38. The highest BCUT2D eigenvalue weighted by Gasteiger charge is 2.38. The summed E-state index contributed by atoms with van der Waals surface area (Å²) in [6.07, 6.45) is 2.26. The van der Waals surface area contributed by atoms with Crippen LogP contribution in [0.15, 0.2) is 72.9 Å². The van der Waals surface area contributed by atoms with Crippen LogP contribution in [-0.2, 0) is 16.1 Å². The zero-order valence-electron chi connectivity index (χ0n) is 15.4. The van der Waals surface area contributed by atoms with Crippen molar-refractivity contribution in [2.45, 2.75) is 24.9 Å². The summed E-state index contributed by atoms with van der Waals surface area (Å²) in [5.41, 5.74) is 3.84. The van der Waals surface area contributed by atoms with Gasteiger partial charge in [-0.2, -0.15) is 0 Å². The van der Waals surface area contributed by atoms with Gasteiger partial charge in [0.2, 0.25) is 11.8 Å². The zero-order chi connectivity index (χ0) is 19.1. The molecule has 0 saturated carbocycles. The number of nitrogens with zero attached hydrogens (tertiary/aromatic N) is 2. The number of amides is 2. The number of fused-ring (bicyclic) bond motifs is 2. The number of aromatic nitrogens is 1. The van der Waals surface area contributed by atoms with Crippen molar-refractivity contribution in [3.05, 3.63) is 89.7 Å². The summed E-state index contributed by atoms with van der Waals surface area (Å²) in [7, 11) is 0. The Labute approximate surface area is 163 Å². The van der Waals surface area contributed by atoms with Crippen LogP contribution in [0.5, 0.6) is 0 Å². The molecule has 0 spiro atoms. The minimum Gasteiger partial charge on any atom is -0.348 e. The van der Waals surface area contributed by atoms with Gasteiger partial charge in [-0.1, -0.05) is 48.5 Å². The molecule has 1 aromatic heterocycles. The maximum absolute atomic E-state index is 13.7. The highest BCUT2D eigenvalue weighted by atomic mass is 16.2. The Morgan fingerprint density at radius 2 is 1.71 bits per heavy atom. The fraction of sp³-hybridized carbons (Fsp3) is 0.217. The standard InChI is InChI=1S/C23H21N3O2/c27-21-15-18(17-9-4-5-10-19(17)24-21)23(28)26-14-13-25-12-6-11-20(25)22(26)16-7-2-1-3-8-16/h1-12,18,22H,13-15H2,(H,24,27). The third-order valence-corrected chi connectivity index (χ3v) is 5.73. The zero-order valence-corrected chi connectivity index (χ0v) is 15.4. The van der Waals surface area contributed by atoms with E-state index < -0.39 is 5.92 Å².